The molecule has 0 bridgehead atoms. The highest BCUT2D eigenvalue weighted by atomic mass is 19.1. The zero-order valence-electron chi connectivity index (χ0n) is 14.0. The summed E-state index contributed by atoms with van der Waals surface area (Å²) >= 11 is 0. The molecular weight excluding hydrogens is 315 g/mol. The molecule has 0 spiro atoms. The zero-order chi connectivity index (χ0) is 17.6. The quantitative estimate of drug-likeness (QED) is 0.841. The van der Waals surface area contributed by atoms with Crippen LogP contribution in [0.5, 0.6) is 0 Å². The Morgan fingerprint density at radius 3 is 2.60 bits per heavy atom. The number of hydrogen-bond acceptors (Lipinski definition) is 2. The van der Waals surface area contributed by atoms with Crippen molar-refractivity contribution in [3.8, 4) is 17.2 Å². The van der Waals surface area contributed by atoms with Crippen molar-refractivity contribution in [1.29, 1.82) is 5.26 Å². The van der Waals surface area contributed by atoms with Crippen molar-refractivity contribution < 1.29 is 9.18 Å². The molecule has 2 unspecified atom stereocenters. The molecule has 1 aliphatic carbocycles. The van der Waals surface area contributed by atoms with E-state index in [1.165, 1.54) is 12.1 Å². The molecule has 128 valence electrons. The number of rotatable bonds is 4. The van der Waals surface area contributed by atoms with Crippen LogP contribution in [0.25, 0.3) is 11.1 Å². The Hall–Kier alpha value is -2.67. The molecule has 2 aromatic carbocycles. The molecule has 3 nitrogen and oxygen atoms in total. The number of halogens is 1. The fourth-order valence-corrected chi connectivity index (χ4v) is 3.79. The molecule has 4 heteroatoms. The predicted octanol–water partition coefficient (Wildman–Crippen LogP) is 4.41. The topological polar surface area (TPSA) is 52.9 Å². The van der Waals surface area contributed by atoms with E-state index in [0.29, 0.717) is 0 Å². The lowest BCUT2D eigenvalue weighted by Crippen LogP contribution is -2.36. The highest BCUT2D eigenvalue weighted by Crippen LogP contribution is 2.41. The lowest BCUT2D eigenvalue weighted by molar-refractivity contribution is -0.126. The van der Waals surface area contributed by atoms with Gasteiger partial charge in [0.05, 0.1) is 6.07 Å². The second-order valence-corrected chi connectivity index (χ2v) is 6.47. The van der Waals surface area contributed by atoms with Crippen LogP contribution in [0, 0.1) is 23.1 Å². The fraction of sp³-hybridized carbons (Fsp3) is 0.333. The van der Waals surface area contributed by atoms with Crippen molar-refractivity contribution in [3.63, 3.8) is 0 Å². The van der Waals surface area contributed by atoms with Gasteiger partial charge in [0.15, 0.2) is 0 Å². The molecule has 0 radical (unpaired) electrons. The van der Waals surface area contributed by atoms with Crippen molar-refractivity contribution in [1.82, 2.24) is 5.32 Å². The van der Waals surface area contributed by atoms with Gasteiger partial charge in [0, 0.05) is 5.92 Å². The fourth-order valence-electron chi connectivity index (χ4n) is 3.79. The first kappa shape index (κ1) is 17.2. The number of hydrogen-bond donors (Lipinski definition) is 1. The Bertz CT molecular complexity index is 779. The first-order valence-corrected chi connectivity index (χ1v) is 8.70. The van der Waals surface area contributed by atoms with Gasteiger partial charge in [-0.25, -0.2) is 4.39 Å². The predicted molar refractivity (Wildman–Crippen MR) is 95.2 cm³/mol. The Kier molecular flexibility index (Phi) is 5.45. The molecule has 2 aromatic rings. The molecule has 1 N–H and O–H groups in total. The molecule has 1 saturated carbocycles. The maximum absolute atomic E-state index is 13.3. The van der Waals surface area contributed by atoms with Crippen LogP contribution in [0.2, 0.25) is 0 Å². The van der Waals surface area contributed by atoms with Crippen LogP contribution in [-0.2, 0) is 4.79 Å². The molecule has 0 saturated heterocycles. The molecule has 0 aliphatic heterocycles. The minimum Gasteiger partial charge on any atom is -0.343 e. The van der Waals surface area contributed by atoms with Crippen LogP contribution >= 0.6 is 0 Å². The van der Waals surface area contributed by atoms with Crippen molar-refractivity contribution in [2.24, 2.45) is 5.92 Å². The lowest BCUT2D eigenvalue weighted by Gasteiger charge is -2.32. The van der Waals surface area contributed by atoms with Crippen LogP contribution in [0.15, 0.2) is 48.5 Å². The first-order chi connectivity index (χ1) is 12.2. The highest BCUT2D eigenvalue weighted by Gasteiger charge is 2.33. The van der Waals surface area contributed by atoms with Crippen molar-refractivity contribution in [2.75, 3.05) is 6.54 Å². The Labute approximate surface area is 147 Å². The molecular formula is C21H21FN2O. The summed E-state index contributed by atoms with van der Waals surface area (Å²) in [5, 5.41) is 11.4. The smallest absolute Gasteiger partial charge is 0.224 e. The number of carbonyl (C=O) groups is 1. The molecule has 1 fully saturated rings. The van der Waals surface area contributed by atoms with E-state index in [2.05, 4.69) is 11.4 Å². The minimum absolute atomic E-state index is 0.0415. The number of nitrogens with zero attached hydrogens (tertiary/aromatic N) is 1. The van der Waals surface area contributed by atoms with Gasteiger partial charge in [-0.3, -0.25) is 4.79 Å². The van der Waals surface area contributed by atoms with E-state index in [-0.39, 0.29) is 30.1 Å². The summed E-state index contributed by atoms with van der Waals surface area (Å²) in [6.45, 7) is 0.0433. The molecule has 1 aliphatic rings. The van der Waals surface area contributed by atoms with Crippen LogP contribution in [-0.4, -0.2) is 12.5 Å². The van der Waals surface area contributed by atoms with Crippen LogP contribution in [0.3, 0.4) is 0 Å². The molecule has 2 atom stereocenters. The first-order valence-electron chi connectivity index (χ1n) is 8.70. The number of carbonyl (C=O) groups excluding carboxylic acids is 1. The van der Waals surface area contributed by atoms with Gasteiger partial charge in [-0.2, -0.15) is 5.26 Å². The normalized spacial score (nSPS) is 19.8. The summed E-state index contributed by atoms with van der Waals surface area (Å²) in [7, 11) is 0. The van der Waals surface area contributed by atoms with Crippen molar-refractivity contribution in [3.05, 3.63) is 59.9 Å². The zero-order valence-corrected chi connectivity index (χ0v) is 14.0. The van der Waals surface area contributed by atoms with Gasteiger partial charge < -0.3 is 5.32 Å². The average Bonchev–Trinajstić information content (AvgIpc) is 2.67. The maximum Gasteiger partial charge on any atom is 0.224 e. The van der Waals surface area contributed by atoms with E-state index in [1.807, 2.05) is 24.3 Å². The van der Waals surface area contributed by atoms with Crippen LogP contribution < -0.4 is 5.32 Å². The number of amides is 1. The number of nitriles is 1. The van der Waals surface area contributed by atoms with Gasteiger partial charge >= 0.3 is 0 Å². The van der Waals surface area contributed by atoms with Gasteiger partial charge in [0.25, 0.3) is 0 Å². The van der Waals surface area contributed by atoms with Crippen LogP contribution in [0.1, 0.15) is 37.2 Å². The number of nitrogens with one attached hydrogen (secondary N) is 1. The monoisotopic (exact) mass is 336 g/mol. The van der Waals surface area contributed by atoms with E-state index in [0.717, 1.165) is 42.4 Å². The van der Waals surface area contributed by atoms with Gasteiger partial charge in [0.2, 0.25) is 5.91 Å². The van der Waals surface area contributed by atoms with Crippen LogP contribution in [0.4, 0.5) is 4.39 Å². The van der Waals surface area contributed by atoms with Gasteiger partial charge in [0.1, 0.15) is 12.4 Å². The molecule has 1 amide bonds. The third-order valence-corrected chi connectivity index (χ3v) is 4.96. The summed E-state index contributed by atoms with van der Waals surface area (Å²) in [4.78, 5) is 12.5. The summed E-state index contributed by atoms with van der Waals surface area (Å²) in [5.41, 5.74) is 3.14. The van der Waals surface area contributed by atoms with Gasteiger partial charge in [-0.15, -0.1) is 0 Å². The van der Waals surface area contributed by atoms with E-state index < -0.39 is 0 Å². The third kappa shape index (κ3) is 3.88. The summed E-state index contributed by atoms with van der Waals surface area (Å²) in [5.74, 6) is -0.301. The Morgan fingerprint density at radius 2 is 1.84 bits per heavy atom. The Morgan fingerprint density at radius 1 is 1.12 bits per heavy atom. The summed E-state index contributed by atoms with van der Waals surface area (Å²) in [6, 6.07) is 16.5. The average molecular weight is 336 g/mol. The third-order valence-electron chi connectivity index (χ3n) is 4.96. The van der Waals surface area contributed by atoms with E-state index in [9.17, 15) is 9.18 Å². The van der Waals surface area contributed by atoms with E-state index in [1.54, 1.807) is 12.1 Å². The summed E-state index contributed by atoms with van der Waals surface area (Å²) < 4.78 is 13.3. The SMILES string of the molecule is N#CCNC(=O)C1CCCCC1c1ccccc1-c1ccc(F)cc1. The standard InChI is InChI=1S/C21H21FN2O/c22-16-11-9-15(10-12-16)17-5-1-2-6-18(17)19-7-3-4-8-20(19)21(25)24-14-13-23/h1-2,5-6,9-12,19-20H,3-4,7-8,14H2,(H,24,25). The van der Waals surface area contributed by atoms with Gasteiger partial charge in [-0.1, -0.05) is 49.2 Å². The molecule has 0 heterocycles. The number of benzene rings is 2. The molecule has 3 rings (SSSR count). The maximum atomic E-state index is 13.3. The van der Waals surface area contributed by atoms with E-state index in [4.69, 9.17) is 5.26 Å². The molecule has 0 aromatic heterocycles. The second kappa shape index (κ2) is 7.94. The van der Waals surface area contributed by atoms with Crippen molar-refractivity contribution in [2.45, 2.75) is 31.6 Å². The largest absolute Gasteiger partial charge is 0.343 e. The summed E-state index contributed by atoms with van der Waals surface area (Å²) in [6.07, 6.45) is 3.90. The lowest BCUT2D eigenvalue weighted by atomic mass is 9.73. The van der Waals surface area contributed by atoms with Gasteiger partial charge in [-0.05, 0) is 47.6 Å². The van der Waals surface area contributed by atoms with E-state index >= 15 is 0 Å². The van der Waals surface area contributed by atoms with Crippen molar-refractivity contribution >= 4 is 5.91 Å². The molecule has 25 heavy (non-hydrogen) atoms. The second-order valence-electron chi connectivity index (χ2n) is 6.47. The highest BCUT2D eigenvalue weighted by molar-refractivity contribution is 5.81. The Balaban J connectivity index is 1.95. The minimum atomic E-state index is -0.257.